The van der Waals surface area contributed by atoms with E-state index in [1.165, 1.54) is 6.08 Å². The van der Waals surface area contributed by atoms with Gasteiger partial charge in [-0.1, -0.05) is 0 Å². The van der Waals surface area contributed by atoms with Crippen LogP contribution < -0.4 is 0 Å². The van der Waals surface area contributed by atoms with Crippen molar-refractivity contribution in [2.24, 2.45) is 5.10 Å². The molecule has 0 atom stereocenters. The first-order valence-corrected chi connectivity index (χ1v) is 2.31. The van der Waals surface area contributed by atoms with Gasteiger partial charge in [0, 0.05) is 6.08 Å². The monoisotopic (exact) mass is 128 g/mol. The number of ether oxygens (including phenoxy) is 1. The van der Waals surface area contributed by atoms with Crippen molar-refractivity contribution in [3.63, 3.8) is 0 Å². The van der Waals surface area contributed by atoms with Crippen molar-refractivity contribution in [2.45, 2.75) is 0 Å². The average Bonchev–Trinajstić information content (AvgIpc) is 2.15. The minimum Gasteiger partial charge on any atom is -0.469 e. The molecular weight excluding hydrogens is 124 g/mol. The van der Waals surface area contributed by atoms with Crippen LogP contribution in [0.1, 0.15) is 0 Å². The number of rotatable bonds is 1. The second kappa shape index (κ2) is 2.25. The molecule has 1 aliphatic heterocycles. The minimum atomic E-state index is -0.787. The zero-order chi connectivity index (χ0) is 6.69. The maximum atomic E-state index is 9.66. The van der Waals surface area contributed by atoms with Gasteiger partial charge < -0.3 is 4.74 Å². The first kappa shape index (κ1) is 5.74. The van der Waals surface area contributed by atoms with Crippen molar-refractivity contribution >= 4 is 5.90 Å². The highest BCUT2D eigenvalue weighted by molar-refractivity contribution is 5.88. The first-order chi connectivity index (χ1) is 4.29. The molecule has 0 spiro atoms. The number of hydrogen-bond acceptors (Lipinski definition) is 3. The summed E-state index contributed by atoms with van der Waals surface area (Å²) in [6.45, 7) is 0.382. The molecule has 5 nitrogen and oxygen atoms in total. The average molecular weight is 128 g/mol. The highest BCUT2D eigenvalue weighted by Gasteiger charge is 2.05. The fraction of sp³-hybridized carbons (Fsp3) is 0.250. The number of hydrazone groups is 1. The summed E-state index contributed by atoms with van der Waals surface area (Å²) in [4.78, 5) is 9.66. The molecule has 0 bridgehead atoms. The lowest BCUT2D eigenvalue weighted by atomic mass is 10.6. The van der Waals surface area contributed by atoms with Crippen molar-refractivity contribution in [2.75, 3.05) is 6.61 Å². The molecule has 48 valence electrons. The summed E-state index contributed by atoms with van der Waals surface area (Å²) in [7, 11) is 0. The van der Waals surface area contributed by atoms with E-state index in [4.69, 9.17) is 0 Å². The van der Waals surface area contributed by atoms with Crippen LogP contribution in [-0.2, 0) is 4.74 Å². The Bertz CT molecular complexity index is 184. The van der Waals surface area contributed by atoms with Gasteiger partial charge in [-0.25, -0.2) is 10.1 Å². The summed E-state index contributed by atoms with van der Waals surface area (Å²) in [5, 5.41) is 11.8. The van der Waals surface area contributed by atoms with E-state index in [1.807, 2.05) is 0 Å². The standard InChI is InChI=1S/C4H4N2O3/c7-6(8)5-4-2-1-3-9-4/h1-2H,3H2. The van der Waals surface area contributed by atoms with Gasteiger partial charge in [0.2, 0.25) is 0 Å². The Morgan fingerprint density at radius 3 is 3.11 bits per heavy atom. The summed E-state index contributed by atoms with van der Waals surface area (Å²) >= 11 is 0. The number of nitrogens with zero attached hydrogens (tertiary/aromatic N) is 2. The van der Waals surface area contributed by atoms with Crippen LogP contribution in [-0.4, -0.2) is 17.5 Å². The van der Waals surface area contributed by atoms with Crippen molar-refractivity contribution in [3.8, 4) is 0 Å². The van der Waals surface area contributed by atoms with Crippen LogP contribution in [0.4, 0.5) is 0 Å². The van der Waals surface area contributed by atoms with Crippen molar-refractivity contribution < 1.29 is 9.77 Å². The summed E-state index contributed by atoms with van der Waals surface area (Å²) in [5.41, 5.74) is 0. The molecule has 1 heterocycles. The van der Waals surface area contributed by atoms with Crippen LogP contribution in [0.25, 0.3) is 0 Å². The van der Waals surface area contributed by atoms with Gasteiger partial charge in [-0.15, -0.1) is 0 Å². The number of nitro groups is 1. The third-order valence-electron chi connectivity index (χ3n) is 0.768. The minimum absolute atomic E-state index is 0.0694. The Hall–Kier alpha value is -1.39. The molecule has 5 heteroatoms. The Balaban J connectivity index is 2.61. The summed E-state index contributed by atoms with van der Waals surface area (Å²) in [6.07, 6.45) is 3.12. The van der Waals surface area contributed by atoms with Gasteiger partial charge in [-0.2, -0.15) is 0 Å². The quantitative estimate of drug-likeness (QED) is 0.373. The Labute approximate surface area is 50.8 Å². The molecule has 1 aliphatic rings. The highest BCUT2D eigenvalue weighted by Crippen LogP contribution is 1.94. The van der Waals surface area contributed by atoms with E-state index in [-0.39, 0.29) is 5.90 Å². The van der Waals surface area contributed by atoms with E-state index < -0.39 is 5.03 Å². The molecule has 9 heavy (non-hydrogen) atoms. The SMILES string of the molecule is O=[N+]([O-])N=C1C=CCO1. The molecule has 0 radical (unpaired) electrons. The van der Waals surface area contributed by atoms with Gasteiger partial charge >= 0.3 is 0 Å². The highest BCUT2D eigenvalue weighted by atomic mass is 16.7. The molecule has 0 unspecified atom stereocenters. The summed E-state index contributed by atoms with van der Waals surface area (Å²) in [5.74, 6) is 0.0694. The van der Waals surface area contributed by atoms with Gasteiger partial charge in [-0.3, -0.25) is 0 Å². The molecule has 0 aromatic rings. The first-order valence-electron chi connectivity index (χ1n) is 2.31. The van der Waals surface area contributed by atoms with E-state index >= 15 is 0 Å². The van der Waals surface area contributed by atoms with Crippen LogP contribution >= 0.6 is 0 Å². The molecule has 0 N–H and O–H groups in total. The molecular formula is C4H4N2O3. The molecule has 0 aromatic heterocycles. The zero-order valence-corrected chi connectivity index (χ0v) is 4.48. The second-order valence-corrected chi connectivity index (χ2v) is 1.39. The third kappa shape index (κ3) is 1.52. The van der Waals surface area contributed by atoms with Crippen molar-refractivity contribution in [1.82, 2.24) is 0 Å². The lowest BCUT2D eigenvalue weighted by Gasteiger charge is -1.87. The second-order valence-electron chi connectivity index (χ2n) is 1.39. The maximum absolute atomic E-state index is 9.66. The van der Waals surface area contributed by atoms with E-state index in [9.17, 15) is 10.1 Å². The number of hydrogen-bond donors (Lipinski definition) is 0. The fourth-order valence-electron chi connectivity index (χ4n) is 0.473. The fourth-order valence-corrected chi connectivity index (χ4v) is 0.473. The van der Waals surface area contributed by atoms with E-state index in [2.05, 4.69) is 9.84 Å². The van der Waals surface area contributed by atoms with Crippen LogP contribution in [0.5, 0.6) is 0 Å². The Kier molecular flexibility index (Phi) is 1.44. The molecule has 0 saturated carbocycles. The van der Waals surface area contributed by atoms with Crippen LogP contribution in [0.3, 0.4) is 0 Å². The smallest absolute Gasteiger partial charge is 0.285 e. The normalized spacial score (nSPS) is 20.2. The van der Waals surface area contributed by atoms with Crippen LogP contribution in [0, 0.1) is 10.1 Å². The van der Waals surface area contributed by atoms with Gasteiger partial charge in [0.25, 0.3) is 5.90 Å². The van der Waals surface area contributed by atoms with E-state index in [0.717, 1.165) is 0 Å². The van der Waals surface area contributed by atoms with Crippen LogP contribution in [0.15, 0.2) is 17.3 Å². The van der Waals surface area contributed by atoms with E-state index in [1.54, 1.807) is 6.08 Å². The third-order valence-corrected chi connectivity index (χ3v) is 0.768. The Morgan fingerprint density at radius 2 is 2.67 bits per heavy atom. The molecule has 0 saturated heterocycles. The lowest BCUT2D eigenvalue weighted by molar-refractivity contribution is -0.486. The topological polar surface area (TPSA) is 64.7 Å². The van der Waals surface area contributed by atoms with Gasteiger partial charge in [-0.05, 0) is 6.08 Å². The zero-order valence-electron chi connectivity index (χ0n) is 4.48. The maximum Gasteiger partial charge on any atom is 0.285 e. The van der Waals surface area contributed by atoms with Crippen LogP contribution in [0.2, 0.25) is 0 Å². The van der Waals surface area contributed by atoms with Gasteiger partial charge in [0.05, 0.1) is 0 Å². The van der Waals surface area contributed by atoms with Gasteiger partial charge in [0.1, 0.15) is 11.7 Å². The molecule has 0 amide bonds. The predicted octanol–water partition coefficient (Wildman–Crippen LogP) is 0.163. The molecule has 1 rings (SSSR count). The molecule has 0 aromatic carbocycles. The predicted molar refractivity (Wildman–Crippen MR) is 29.5 cm³/mol. The molecule has 0 fully saturated rings. The lowest BCUT2D eigenvalue weighted by Crippen LogP contribution is -1.98. The van der Waals surface area contributed by atoms with Gasteiger partial charge in [0.15, 0.2) is 5.03 Å². The summed E-state index contributed by atoms with van der Waals surface area (Å²) in [6, 6.07) is 0. The Morgan fingerprint density at radius 1 is 1.89 bits per heavy atom. The van der Waals surface area contributed by atoms with E-state index in [0.29, 0.717) is 6.61 Å². The largest absolute Gasteiger partial charge is 0.469 e. The molecule has 0 aliphatic carbocycles. The van der Waals surface area contributed by atoms with Crippen molar-refractivity contribution in [3.05, 3.63) is 22.3 Å². The summed E-state index contributed by atoms with van der Waals surface area (Å²) < 4.78 is 4.66. The van der Waals surface area contributed by atoms with Crippen molar-refractivity contribution in [1.29, 1.82) is 0 Å².